The Balaban J connectivity index is 1.47. The number of hydrogen-bond acceptors (Lipinski definition) is 4. The highest BCUT2D eigenvalue weighted by atomic mass is 16.6. The molecule has 0 spiro atoms. The van der Waals surface area contributed by atoms with Crippen LogP contribution in [0.2, 0.25) is 0 Å². The summed E-state index contributed by atoms with van der Waals surface area (Å²) in [7, 11) is 0. The fraction of sp³-hybridized carbons (Fsp3) is 0.238. The second-order valence-electron chi connectivity index (χ2n) is 6.65. The van der Waals surface area contributed by atoms with Crippen LogP contribution in [0.3, 0.4) is 0 Å². The quantitative estimate of drug-likeness (QED) is 0.527. The van der Waals surface area contributed by atoms with E-state index >= 15 is 0 Å². The lowest BCUT2D eigenvalue weighted by Gasteiger charge is -2.36. The molecule has 132 valence electrons. The number of piperazine rings is 1. The van der Waals surface area contributed by atoms with Gasteiger partial charge in [-0.15, -0.1) is 0 Å². The lowest BCUT2D eigenvalue weighted by Crippen LogP contribution is -2.46. The summed E-state index contributed by atoms with van der Waals surface area (Å²) in [6.45, 7) is 4.31. The van der Waals surface area contributed by atoms with Crippen LogP contribution in [0.1, 0.15) is 5.56 Å². The van der Waals surface area contributed by atoms with Crippen LogP contribution < -0.4 is 4.90 Å². The lowest BCUT2D eigenvalue weighted by molar-refractivity contribution is -0.384. The summed E-state index contributed by atoms with van der Waals surface area (Å²) in [5.74, 6) is 0. The van der Waals surface area contributed by atoms with Gasteiger partial charge in [0.2, 0.25) is 0 Å². The molecule has 1 heterocycles. The summed E-state index contributed by atoms with van der Waals surface area (Å²) in [4.78, 5) is 15.5. The van der Waals surface area contributed by atoms with Gasteiger partial charge in [-0.05, 0) is 22.4 Å². The monoisotopic (exact) mass is 347 g/mol. The molecule has 0 atom stereocenters. The maximum absolute atomic E-state index is 11.3. The maximum Gasteiger partial charge on any atom is 0.292 e. The van der Waals surface area contributed by atoms with Crippen molar-refractivity contribution in [3.63, 3.8) is 0 Å². The van der Waals surface area contributed by atoms with Gasteiger partial charge in [0, 0.05) is 38.8 Å². The molecule has 5 heteroatoms. The molecule has 1 aliphatic heterocycles. The Hall–Kier alpha value is -2.92. The Morgan fingerprint density at radius 3 is 2.35 bits per heavy atom. The average molecular weight is 347 g/mol. The Labute approximate surface area is 152 Å². The number of rotatable bonds is 4. The number of fused-ring (bicyclic) bond motifs is 1. The van der Waals surface area contributed by atoms with Crippen LogP contribution in [-0.2, 0) is 6.54 Å². The van der Waals surface area contributed by atoms with Crippen LogP contribution in [0, 0.1) is 10.1 Å². The molecule has 0 bridgehead atoms. The van der Waals surface area contributed by atoms with Gasteiger partial charge in [0.15, 0.2) is 0 Å². The summed E-state index contributed by atoms with van der Waals surface area (Å²) < 4.78 is 0. The van der Waals surface area contributed by atoms with Crippen LogP contribution in [0.5, 0.6) is 0 Å². The average Bonchev–Trinajstić information content (AvgIpc) is 2.69. The second kappa shape index (κ2) is 7.14. The molecule has 0 amide bonds. The first-order valence-corrected chi connectivity index (χ1v) is 8.90. The molecule has 1 fully saturated rings. The molecule has 0 aromatic heterocycles. The van der Waals surface area contributed by atoms with Gasteiger partial charge in [0.05, 0.1) is 4.92 Å². The van der Waals surface area contributed by atoms with Crippen LogP contribution >= 0.6 is 0 Å². The van der Waals surface area contributed by atoms with Crippen molar-refractivity contribution in [3.05, 3.63) is 82.4 Å². The number of nitro groups is 1. The topological polar surface area (TPSA) is 49.6 Å². The summed E-state index contributed by atoms with van der Waals surface area (Å²) in [6.07, 6.45) is 0. The minimum absolute atomic E-state index is 0.190. The van der Waals surface area contributed by atoms with Gasteiger partial charge in [0.25, 0.3) is 5.69 Å². The Morgan fingerprint density at radius 2 is 1.54 bits per heavy atom. The lowest BCUT2D eigenvalue weighted by atomic mass is 10.0. The molecule has 0 aliphatic carbocycles. The molecule has 3 aromatic rings. The molecule has 0 saturated carbocycles. The van der Waals surface area contributed by atoms with E-state index in [1.165, 1.54) is 16.3 Å². The summed E-state index contributed by atoms with van der Waals surface area (Å²) in [5, 5.41) is 13.8. The van der Waals surface area contributed by atoms with Crippen molar-refractivity contribution in [2.45, 2.75) is 6.54 Å². The van der Waals surface area contributed by atoms with Gasteiger partial charge in [-0.3, -0.25) is 15.0 Å². The molecule has 5 nitrogen and oxygen atoms in total. The van der Waals surface area contributed by atoms with Crippen LogP contribution in [0.15, 0.2) is 66.7 Å². The first kappa shape index (κ1) is 16.5. The number of nitro benzene ring substituents is 1. The summed E-state index contributed by atoms with van der Waals surface area (Å²) in [6, 6.07) is 21.9. The van der Waals surface area contributed by atoms with Crippen LogP contribution in [0.25, 0.3) is 10.8 Å². The molecule has 0 radical (unpaired) electrons. The molecule has 4 rings (SSSR count). The van der Waals surface area contributed by atoms with Crippen molar-refractivity contribution in [3.8, 4) is 0 Å². The number of anilines is 1. The van der Waals surface area contributed by atoms with Gasteiger partial charge < -0.3 is 4.90 Å². The third kappa shape index (κ3) is 3.26. The van der Waals surface area contributed by atoms with E-state index in [2.05, 4.69) is 52.3 Å². The van der Waals surface area contributed by atoms with Crippen LogP contribution in [0.4, 0.5) is 11.4 Å². The number of para-hydroxylation sites is 2. The first-order valence-electron chi connectivity index (χ1n) is 8.90. The molecule has 3 aromatic carbocycles. The Morgan fingerprint density at radius 1 is 0.846 bits per heavy atom. The van der Waals surface area contributed by atoms with Crippen molar-refractivity contribution < 1.29 is 4.92 Å². The largest absolute Gasteiger partial charge is 0.363 e. The SMILES string of the molecule is O=[N+]([O-])c1ccccc1N1CCN(Cc2cccc3ccccc23)CC1. The third-order valence-corrected chi connectivity index (χ3v) is 5.07. The maximum atomic E-state index is 11.3. The van der Waals surface area contributed by atoms with E-state index in [9.17, 15) is 10.1 Å². The molecule has 0 unspecified atom stereocenters. The van der Waals surface area contributed by atoms with Crippen molar-refractivity contribution in [1.82, 2.24) is 4.90 Å². The minimum atomic E-state index is -0.294. The zero-order valence-corrected chi connectivity index (χ0v) is 14.5. The van der Waals surface area contributed by atoms with Crippen LogP contribution in [-0.4, -0.2) is 36.0 Å². The number of hydrogen-bond donors (Lipinski definition) is 0. The van der Waals surface area contributed by atoms with E-state index in [1.54, 1.807) is 12.1 Å². The Bertz CT molecular complexity index is 928. The van der Waals surface area contributed by atoms with E-state index in [0.717, 1.165) is 38.4 Å². The van der Waals surface area contributed by atoms with Crippen molar-refractivity contribution >= 4 is 22.1 Å². The van der Waals surface area contributed by atoms with Gasteiger partial charge in [-0.1, -0.05) is 54.6 Å². The van der Waals surface area contributed by atoms with E-state index in [4.69, 9.17) is 0 Å². The molecule has 1 aliphatic rings. The standard InChI is InChI=1S/C21H21N3O2/c25-24(26)21-11-4-3-10-20(21)23-14-12-22(13-15-23)16-18-8-5-7-17-6-1-2-9-19(17)18/h1-11H,12-16H2. The van der Waals surface area contributed by atoms with Gasteiger partial charge in [-0.2, -0.15) is 0 Å². The smallest absolute Gasteiger partial charge is 0.292 e. The fourth-order valence-electron chi connectivity index (χ4n) is 3.70. The highest BCUT2D eigenvalue weighted by Crippen LogP contribution is 2.29. The predicted molar refractivity (Wildman–Crippen MR) is 105 cm³/mol. The molecular weight excluding hydrogens is 326 g/mol. The molecule has 1 saturated heterocycles. The van der Waals surface area contributed by atoms with E-state index in [0.29, 0.717) is 0 Å². The predicted octanol–water partition coefficient (Wildman–Crippen LogP) is 4.07. The summed E-state index contributed by atoms with van der Waals surface area (Å²) >= 11 is 0. The molecule has 0 N–H and O–H groups in total. The molecular formula is C21H21N3O2. The summed E-state index contributed by atoms with van der Waals surface area (Å²) in [5.41, 5.74) is 2.25. The Kier molecular flexibility index (Phi) is 4.54. The minimum Gasteiger partial charge on any atom is -0.363 e. The number of nitrogens with zero attached hydrogens (tertiary/aromatic N) is 3. The first-order chi connectivity index (χ1) is 12.7. The zero-order chi connectivity index (χ0) is 17.9. The molecule has 26 heavy (non-hydrogen) atoms. The van der Waals surface area contributed by atoms with Gasteiger partial charge >= 0.3 is 0 Å². The zero-order valence-electron chi connectivity index (χ0n) is 14.5. The van der Waals surface area contributed by atoms with Crippen molar-refractivity contribution in [2.75, 3.05) is 31.1 Å². The van der Waals surface area contributed by atoms with E-state index in [1.807, 2.05) is 12.1 Å². The van der Waals surface area contributed by atoms with Crippen molar-refractivity contribution in [2.24, 2.45) is 0 Å². The number of benzene rings is 3. The van der Waals surface area contributed by atoms with Gasteiger partial charge in [-0.25, -0.2) is 0 Å². The second-order valence-corrected chi connectivity index (χ2v) is 6.65. The fourth-order valence-corrected chi connectivity index (χ4v) is 3.70. The van der Waals surface area contributed by atoms with E-state index in [-0.39, 0.29) is 10.6 Å². The highest BCUT2D eigenvalue weighted by molar-refractivity contribution is 5.85. The van der Waals surface area contributed by atoms with Crippen molar-refractivity contribution in [1.29, 1.82) is 0 Å². The third-order valence-electron chi connectivity index (χ3n) is 5.07. The van der Waals surface area contributed by atoms with E-state index < -0.39 is 0 Å². The van der Waals surface area contributed by atoms with Gasteiger partial charge in [0.1, 0.15) is 5.69 Å². The highest BCUT2D eigenvalue weighted by Gasteiger charge is 2.23. The normalized spacial score (nSPS) is 15.3.